The van der Waals surface area contributed by atoms with Gasteiger partial charge in [0.15, 0.2) is 0 Å². The molecule has 1 N–H and O–H groups in total. The van der Waals surface area contributed by atoms with Gasteiger partial charge in [0.1, 0.15) is 18.5 Å². The first kappa shape index (κ1) is 11.6. The molecule has 0 atom stereocenters. The van der Waals surface area contributed by atoms with E-state index in [4.69, 9.17) is 11.6 Å². The van der Waals surface area contributed by atoms with Crippen molar-refractivity contribution in [2.45, 2.75) is 6.54 Å². The molecule has 6 heteroatoms. The molecule has 88 valence electrons. The van der Waals surface area contributed by atoms with E-state index in [1.165, 1.54) is 6.33 Å². The molecule has 0 radical (unpaired) electrons. The number of halogens is 1. The Labute approximate surface area is 103 Å². The van der Waals surface area contributed by atoms with Gasteiger partial charge in [-0.1, -0.05) is 12.1 Å². The molecule has 0 bridgehead atoms. The summed E-state index contributed by atoms with van der Waals surface area (Å²) in [6, 6.07) is 7.52. The molecule has 1 amide bonds. The molecule has 5 nitrogen and oxygen atoms in total. The molecule has 1 heterocycles. The number of hydrogen-bond acceptors (Lipinski definition) is 3. The van der Waals surface area contributed by atoms with Crippen molar-refractivity contribution in [3.63, 3.8) is 0 Å². The number of carbonyl (C=O) groups is 1. The molecular formula is C11H11ClN4O. The molecule has 0 fully saturated rings. The Balaban J connectivity index is 2.08. The fourth-order valence-corrected chi connectivity index (χ4v) is 1.51. The fourth-order valence-electron chi connectivity index (χ4n) is 1.44. The van der Waals surface area contributed by atoms with Crippen molar-refractivity contribution in [1.82, 2.24) is 14.8 Å². The molecule has 1 aromatic heterocycles. The molecule has 0 aliphatic rings. The fraction of sp³-hybridized carbons (Fsp3) is 0.182. The summed E-state index contributed by atoms with van der Waals surface area (Å²) in [5.41, 5.74) is 1.76. The average Bonchev–Trinajstić information content (AvgIpc) is 2.82. The van der Waals surface area contributed by atoms with Gasteiger partial charge < -0.3 is 5.32 Å². The summed E-state index contributed by atoms with van der Waals surface area (Å²) in [6.07, 6.45) is 3.13. The summed E-state index contributed by atoms with van der Waals surface area (Å²) in [4.78, 5) is 15.0. The Kier molecular flexibility index (Phi) is 3.72. The van der Waals surface area contributed by atoms with E-state index in [1.807, 2.05) is 24.3 Å². The van der Waals surface area contributed by atoms with E-state index in [0.29, 0.717) is 6.54 Å². The van der Waals surface area contributed by atoms with Crippen LogP contribution in [0.3, 0.4) is 0 Å². The predicted molar refractivity (Wildman–Crippen MR) is 64.9 cm³/mol. The van der Waals surface area contributed by atoms with Crippen molar-refractivity contribution < 1.29 is 4.79 Å². The second kappa shape index (κ2) is 5.45. The first-order chi connectivity index (χ1) is 8.28. The third-order valence-electron chi connectivity index (χ3n) is 2.14. The number of rotatable bonds is 4. The molecule has 0 unspecified atom stereocenters. The van der Waals surface area contributed by atoms with Gasteiger partial charge in [-0.25, -0.2) is 9.67 Å². The third kappa shape index (κ3) is 3.29. The lowest BCUT2D eigenvalue weighted by molar-refractivity contribution is -0.113. The van der Waals surface area contributed by atoms with Crippen molar-refractivity contribution >= 4 is 23.2 Å². The quantitative estimate of drug-likeness (QED) is 0.837. The average molecular weight is 251 g/mol. The van der Waals surface area contributed by atoms with Crippen molar-refractivity contribution in [3.8, 4) is 0 Å². The summed E-state index contributed by atoms with van der Waals surface area (Å²) in [5.74, 6) is -0.266. The third-order valence-corrected chi connectivity index (χ3v) is 2.39. The van der Waals surface area contributed by atoms with Gasteiger partial charge in [0.25, 0.3) is 0 Å². The Hall–Kier alpha value is -1.88. The van der Waals surface area contributed by atoms with Crippen LogP contribution in [0.15, 0.2) is 36.9 Å². The maximum absolute atomic E-state index is 11.1. The number of aromatic nitrogens is 3. The van der Waals surface area contributed by atoms with Crippen molar-refractivity contribution in [2.75, 3.05) is 11.2 Å². The van der Waals surface area contributed by atoms with E-state index in [0.717, 1.165) is 11.3 Å². The largest absolute Gasteiger partial charge is 0.325 e. The molecule has 0 saturated carbocycles. The van der Waals surface area contributed by atoms with Crippen LogP contribution in [0.1, 0.15) is 5.56 Å². The lowest BCUT2D eigenvalue weighted by Gasteiger charge is -2.06. The molecule has 1 aromatic carbocycles. The van der Waals surface area contributed by atoms with Gasteiger partial charge in [0, 0.05) is 5.69 Å². The molecule has 0 spiro atoms. The number of anilines is 1. The maximum atomic E-state index is 11.1. The van der Waals surface area contributed by atoms with Crippen molar-refractivity contribution in [2.24, 2.45) is 0 Å². The van der Waals surface area contributed by atoms with Gasteiger partial charge >= 0.3 is 0 Å². The summed E-state index contributed by atoms with van der Waals surface area (Å²) >= 11 is 5.42. The van der Waals surface area contributed by atoms with Crippen LogP contribution >= 0.6 is 11.6 Å². The molecule has 0 aliphatic carbocycles. The molecular weight excluding hydrogens is 240 g/mol. The minimum Gasteiger partial charge on any atom is -0.325 e. The highest BCUT2D eigenvalue weighted by molar-refractivity contribution is 6.29. The lowest BCUT2D eigenvalue weighted by atomic mass is 10.2. The number of nitrogens with zero attached hydrogens (tertiary/aromatic N) is 3. The molecule has 2 aromatic rings. The summed E-state index contributed by atoms with van der Waals surface area (Å²) in [7, 11) is 0. The lowest BCUT2D eigenvalue weighted by Crippen LogP contribution is -2.12. The van der Waals surface area contributed by atoms with Crippen LogP contribution in [-0.4, -0.2) is 26.6 Å². The SMILES string of the molecule is O=C(CCl)Nc1cccc(Cn2cncn2)c1. The van der Waals surface area contributed by atoms with Crippen LogP contribution in [0.25, 0.3) is 0 Å². The smallest absolute Gasteiger partial charge is 0.239 e. The topological polar surface area (TPSA) is 59.8 Å². The maximum Gasteiger partial charge on any atom is 0.239 e. The monoisotopic (exact) mass is 250 g/mol. The second-order valence-electron chi connectivity index (χ2n) is 3.48. The zero-order valence-corrected chi connectivity index (χ0v) is 9.76. The van der Waals surface area contributed by atoms with Gasteiger partial charge in [0.05, 0.1) is 6.54 Å². The van der Waals surface area contributed by atoms with Gasteiger partial charge in [-0.05, 0) is 17.7 Å². The highest BCUT2D eigenvalue weighted by atomic mass is 35.5. The summed E-state index contributed by atoms with van der Waals surface area (Å²) < 4.78 is 1.71. The number of alkyl halides is 1. The van der Waals surface area contributed by atoms with Crippen molar-refractivity contribution in [3.05, 3.63) is 42.5 Å². The van der Waals surface area contributed by atoms with Gasteiger partial charge in [-0.2, -0.15) is 5.10 Å². The highest BCUT2D eigenvalue weighted by Gasteiger charge is 2.01. The Morgan fingerprint density at radius 2 is 2.35 bits per heavy atom. The predicted octanol–water partition coefficient (Wildman–Crippen LogP) is 1.50. The van der Waals surface area contributed by atoms with Crippen LogP contribution in [0.2, 0.25) is 0 Å². The van der Waals surface area contributed by atoms with E-state index in [1.54, 1.807) is 11.0 Å². The number of benzene rings is 1. The standard InChI is InChI=1S/C11H11ClN4O/c12-5-11(17)15-10-3-1-2-9(4-10)6-16-8-13-7-14-16/h1-4,7-8H,5-6H2,(H,15,17). The van der Waals surface area contributed by atoms with Crippen LogP contribution in [0.5, 0.6) is 0 Å². The Bertz CT molecular complexity index is 498. The first-order valence-electron chi connectivity index (χ1n) is 5.05. The number of nitrogens with one attached hydrogen (secondary N) is 1. The van der Waals surface area contributed by atoms with Gasteiger partial charge in [-0.15, -0.1) is 11.6 Å². The number of hydrogen-bond donors (Lipinski definition) is 1. The summed E-state index contributed by atoms with van der Waals surface area (Å²) in [5, 5.41) is 6.71. The van der Waals surface area contributed by atoms with E-state index in [2.05, 4.69) is 15.4 Å². The van der Waals surface area contributed by atoms with Gasteiger partial charge in [0.2, 0.25) is 5.91 Å². The first-order valence-corrected chi connectivity index (χ1v) is 5.58. The zero-order chi connectivity index (χ0) is 12.1. The Morgan fingerprint density at radius 3 is 3.06 bits per heavy atom. The van der Waals surface area contributed by atoms with Crippen LogP contribution < -0.4 is 5.32 Å². The number of carbonyl (C=O) groups excluding carboxylic acids is 1. The highest BCUT2D eigenvalue weighted by Crippen LogP contribution is 2.11. The van der Waals surface area contributed by atoms with Crippen LogP contribution in [0.4, 0.5) is 5.69 Å². The van der Waals surface area contributed by atoms with Crippen molar-refractivity contribution in [1.29, 1.82) is 0 Å². The molecule has 17 heavy (non-hydrogen) atoms. The summed E-state index contributed by atoms with van der Waals surface area (Å²) in [6.45, 7) is 0.616. The van der Waals surface area contributed by atoms with E-state index < -0.39 is 0 Å². The van der Waals surface area contributed by atoms with Crippen LogP contribution in [0, 0.1) is 0 Å². The van der Waals surface area contributed by atoms with E-state index >= 15 is 0 Å². The number of amides is 1. The normalized spacial score (nSPS) is 10.2. The second-order valence-corrected chi connectivity index (χ2v) is 3.74. The van der Waals surface area contributed by atoms with E-state index in [-0.39, 0.29) is 11.8 Å². The Morgan fingerprint density at radius 1 is 1.47 bits per heavy atom. The minimum atomic E-state index is -0.218. The molecule has 2 rings (SSSR count). The molecule has 0 saturated heterocycles. The van der Waals surface area contributed by atoms with E-state index in [9.17, 15) is 4.79 Å². The molecule has 0 aliphatic heterocycles. The minimum absolute atomic E-state index is 0.0483. The zero-order valence-electron chi connectivity index (χ0n) is 9.01. The van der Waals surface area contributed by atoms with Gasteiger partial charge in [-0.3, -0.25) is 4.79 Å². The van der Waals surface area contributed by atoms with Crippen LogP contribution in [-0.2, 0) is 11.3 Å².